The van der Waals surface area contributed by atoms with Crippen LogP contribution in [0.15, 0.2) is 34.2 Å². The van der Waals surface area contributed by atoms with Crippen molar-refractivity contribution in [1.29, 1.82) is 0 Å². The largest absolute Gasteiger partial charge is 0.492 e. The zero-order valence-corrected chi connectivity index (χ0v) is 17.7. The molecule has 1 aliphatic heterocycles. The van der Waals surface area contributed by atoms with E-state index in [1.807, 2.05) is 25.1 Å². The molecule has 1 unspecified atom stereocenters. The van der Waals surface area contributed by atoms with Crippen LogP contribution < -0.4 is 15.4 Å². The van der Waals surface area contributed by atoms with E-state index in [0.29, 0.717) is 18.0 Å². The number of nitrogens with zero attached hydrogens (tertiary/aromatic N) is 3. The normalized spacial score (nSPS) is 13.2. The highest BCUT2D eigenvalue weighted by Crippen LogP contribution is 2.34. The van der Waals surface area contributed by atoms with Crippen molar-refractivity contribution in [2.24, 2.45) is 10.1 Å². The van der Waals surface area contributed by atoms with E-state index in [1.165, 1.54) is 0 Å². The van der Waals surface area contributed by atoms with Gasteiger partial charge < -0.3 is 20.3 Å². The molecule has 1 amide bonds. The van der Waals surface area contributed by atoms with Gasteiger partial charge in [0.1, 0.15) is 5.75 Å². The third-order valence-corrected chi connectivity index (χ3v) is 5.20. The van der Waals surface area contributed by atoms with Crippen LogP contribution in [0.4, 0.5) is 5.69 Å². The number of rotatable bonds is 5. The van der Waals surface area contributed by atoms with Gasteiger partial charge >= 0.3 is 10.5 Å². The van der Waals surface area contributed by atoms with Gasteiger partial charge in [-0.2, -0.15) is 8.42 Å². The Kier molecular flexibility index (Phi) is 9.83. The Balaban J connectivity index is 0.00000114. The lowest BCUT2D eigenvalue weighted by molar-refractivity contribution is -0.106. The van der Waals surface area contributed by atoms with Gasteiger partial charge in [-0.1, -0.05) is 6.07 Å². The Morgan fingerprint density at radius 2 is 2.22 bits per heavy atom. The van der Waals surface area contributed by atoms with E-state index in [4.69, 9.17) is 21.7 Å². The van der Waals surface area contributed by atoms with E-state index in [9.17, 15) is 8.42 Å². The van der Waals surface area contributed by atoms with Crippen molar-refractivity contribution >= 4 is 51.7 Å². The molecule has 1 heterocycles. The van der Waals surface area contributed by atoms with Gasteiger partial charge in [0.05, 0.1) is 24.2 Å². The number of thiocarbonyl (C=S) groups is 1. The minimum atomic E-state index is -2.59. The maximum Gasteiger partial charge on any atom is 0.318 e. The fourth-order valence-electron chi connectivity index (χ4n) is 2.29. The van der Waals surface area contributed by atoms with Crippen molar-refractivity contribution in [2.45, 2.75) is 19.9 Å². The minimum Gasteiger partial charge on any atom is -0.492 e. The SMILES string of the molecule is CCOc1ccc(C(C)N2C=CSC2)cc1N(C)C(=S)N=S(=O)=O.NC=O. The van der Waals surface area contributed by atoms with Gasteiger partial charge in [0.15, 0.2) is 0 Å². The fourth-order valence-corrected chi connectivity index (χ4v) is 3.63. The molecular weight excluding hydrogens is 408 g/mol. The summed E-state index contributed by atoms with van der Waals surface area (Å²) in [6, 6.07) is 6.03. The van der Waals surface area contributed by atoms with Gasteiger partial charge in [-0.25, -0.2) is 0 Å². The smallest absolute Gasteiger partial charge is 0.318 e. The van der Waals surface area contributed by atoms with E-state index in [0.717, 1.165) is 11.4 Å². The number of amides is 1. The predicted molar refractivity (Wildman–Crippen MR) is 112 cm³/mol. The number of benzene rings is 1. The molecule has 0 radical (unpaired) electrons. The molecule has 0 saturated heterocycles. The molecule has 2 rings (SSSR count). The first-order valence-corrected chi connectivity index (χ1v) is 10.4. The summed E-state index contributed by atoms with van der Waals surface area (Å²) in [6.07, 6.45) is 2.32. The Hall–Kier alpha value is -2.11. The van der Waals surface area contributed by atoms with Crippen molar-refractivity contribution in [3.8, 4) is 5.75 Å². The lowest BCUT2D eigenvalue weighted by atomic mass is 10.1. The van der Waals surface area contributed by atoms with Crippen LogP contribution in [-0.4, -0.2) is 44.4 Å². The van der Waals surface area contributed by atoms with Crippen LogP contribution in [0.5, 0.6) is 5.75 Å². The number of hydrogen-bond donors (Lipinski definition) is 1. The molecule has 148 valence electrons. The van der Waals surface area contributed by atoms with Crippen LogP contribution in [0.3, 0.4) is 0 Å². The van der Waals surface area contributed by atoms with Gasteiger partial charge in [-0.15, -0.1) is 16.1 Å². The number of primary amides is 1. The van der Waals surface area contributed by atoms with E-state index in [1.54, 1.807) is 23.7 Å². The zero-order chi connectivity index (χ0) is 20.4. The zero-order valence-electron chi connectivity index (χ0n) is 15.2. The molecule has 0 bridgehead atoms. The Morgan fingerprint density at radius 1 is 1.56 bits per heavy atom. The number of ether oxygens (including phenoxy) is 1. The van der Waals surface area contributed by atoms with E-state index < -0.39 is 10.5 Å². The van der Waals surface area contributed by atoms with Gasteiger partial charge in [0.25, 0.3) is 0 Å². The van der Waals surface area contributed by atoms with Crippen molar-refractivity contribution in [2.75, 3.05) is 24.4 Å². The average molecular weight is 431 g/mol. The highest BCUT2D eigenvalue weighted by Gasteiger charge is 2.19. The maximum atomic E-state index is 10.8. The fraction of sp³-hybridized carbons (Fsp3) is 0.375. The van der Waals surface area contributed by atoms with Crippen LogP contribution >= 0.6 is 24.0 Å². The molecule has 1 atom stereocenters. The monoisotopic (exact) mass is 430 g/mol. The Morgan fingerprint density at radius 3 is 2.74 bits per heavy atom. The number of carbonyl (C=O) groups excluding carboxylic acids is 1. The van der Waals surface area contributed by atoms with Gasteiger partial charge in [-0.05, 0) is 49.2 Å². The lowest BCUT2D eigenvalue weighted by Gasteiger charge is -2.26. The summed E-state index contributed by atoms with van der Waals surface area (Å²) in [5, 5.41) is 2.03. The first kappa shape index (κ1) is 22.9. The first-order chi connectivity index (χ1) is 12.8. The molecule has 0 spiro atoms. The lowest BCUT2D eigenvalue weighted by Crippen LogP contribution is -2.24. The first-order valence-electron chi connectivity index (χ1n) is 7.90. The number of thioether (sulfide) groups is 1. The quantitative estimate of drug-likeness (QED) is 0.561. The summed E-state index contributed by atoms with van der Waals surface area (Å²) >= 11 is 6.83. The minimum absolute atomic E-state index is 0.0364. The second-order valence-electron chi connectivity index (χ2n) is 5.22. The molecule has 1 aromatic carbocycles. The summed E-state index contributed by atoms with van der Waals surface area (Å²) in [4.78, 5) is 12.3. The van der Waals surface area contributed by atoms with E-state index in [2.05, 4.69) is 33.5 Å². The molecule has 2 N–H and O–H groups in total. The van der Waals surface area contributed by atoms with Gasteiger partial charge in [0.2, 0.25) is 11.5 Å². The Labute approximate surface area is 170 Å². The molecule has 1 aliphatic rings. The second kappa shape index (κ2) is 11.6. The molecule has 0 saturated carbocycles. The molecule has 8 nitrogen and oxygen atoms in total. The van der Waals surface area contributed by atoms with Crippen LogP contribution in [-0.2, 0) is 15.3 Å². The summed E-state index contributed by atoms with van der Waals surface area (Å²) in [5.74, 6) is 1.54. The number of hydrogen-bond acceptors (Lipinski definition) is 7. The summed E-state index contributed by atoms with van der Waals surface area (Å²) < 4.78 is 30.6. The molecule has 27 heavy (non-hydrogen) atoms. The molecule has 11 heteroatoms. The molecule has 0 aliphatic carbocycles. The average Bonchev–Trinajstić information content (AvgIpc) is 3.16. The van der Waals surface area contributed by atoms with Crippen molar-refractivity contribution < 1.29 is 17.9 Å². The number of anilines is 1. The van der Waals surface area contributed by atoms with Crippen LogP contribution in [0, 0.1) is 0 Å². The number of nitrogens with two attached hydrogens (primary N) is 1. The van der Waals surface area contributed by atoms with Crippen LogP contribution in [0.25, 0.3) is 0 Å². The Bertz CT molecular complexity index is 819. The summed E-state index contributed by atoms with van der Waals surface area (Å²) in [5.41, 5.74) is 5.94. The number of carbonyl (C=O) groups is 1. The van der Waals surface area contributed by atoms with Crippen LogP contribution in [0.1, 0.15) is 25.5 Å². The molecule has 0 fully saturated rings. The third kappa shape index (κ3) is 6.85. The van der Waals surface area contributed by atoms with E-state index in [-0.39, 0.29) is 17.6 Å². The van der Waals surface area contributed by atoms with Crippen molar-refractivity contribution in [3.05, 3.63) is 35.4 Å². The molecule has 1 aromatic rings. The van der Waals surface area contributed by atoms with Gasteiger partial charge in [-0.3, -0.25) is 4.79 Å². The van der Waals surface area contributed by atoms with E-state index >= 15 is 0 Å². The maximum absolute atomic E-state index is 10.8. The summed E-state index contributed by atoms with van der Waals surface area (Å²) in [6.45, 7) is 4.51. The standard InChI is InChI=1S/C15H19N3O3S3.CH3NO/c1-4-21-14-6-5-12(11(2)18-7-8-23-10-18)9-13(14)17(3)15(22)16-24(19)20;2-1-3/h5-9,11H,4,10H2,1-3H3;1H,(H2,2,3). The molecular formula is C16H22N4O4S3. The highest BCUT2D eigenvalue weighted by atomic mass is 32.2. The summed E-state index contributed by atoms with van der Waals surface area (Å²) in [7, 11) is -0.908. The highest BCUT2D eigenvalue weighted by molar-refractivity contribution is 8.02. The van der Waals surface area contributed by atoms with Crippen LogP contribution in [0.2, 0.25) is 0 Å². The third-order valence-electron chi connectivity index (χ3n) is 3.64. The topological polar surface area (TPSA) is 105 Å². The predicted octanol–water partition coefficient (Wildman–Crippen LogP) is 2.51. The van der Waals surface area contributed by atoms with Crippen molar-refractivity contribution in [1.82, 2.24) is 4.90 Å². The molecule has 0 aromatic heterocycles. The second-order valence-corrected chi connectivity index (χ2v) is 7.06. The van der Waals surface area contributed by atoms with Crippen molar-refractivity contribution in [3.63, 3.8) is 0 Å². The van der Waals surface area contributed by atoms with Gasteiger partial charge in [0, 0.05) is 13.2 Å².